The van der Waals surface area contributed by atoms with Crippen LogP contribution in [0, 0.1) is 10.1 Å². The van der Waals surface area contributed by atoms with Crippen LogP contribution in [-0.2, 0) is 20.7 Å². The third-order valence-corrected chi connectivity index (χ3v) is 5.46. The molecule has 0 heterocycles. The first-order valence-electron chi connectivity index (χ1n) is 8.93. The van der Waals surface area contributed by atoms with Gasteiger partial charge in [-0.15, -0.1) is 11.8 Å². The third-order valence-electron chi connectivity index (χ3n) is 4.47. The lowest BCUT2D eigenvalue weighted by molar-refractivity contribution is -0.384. The predicted molar refractivity (Wildman–Crippen MR) is 105 cm³/mol. The Bertz CT molecular complexity index is 869. The van der Waals surface area contributed by atoms with Crippen molar-refractivity contribution in [1.29, 1.82) is 0 Å². The lowest BCUT2D eigenvalue weighted by atomic mass is 9.88. The molecule has 0 saturated heterocycles. The Morgan fingerprint density at radius 2 is 1.93 bits per heavy atom. The van der Waals surface area contributed by atoms with E-state index in [9.17, 15) is 19.7 Å². The van der Waals surface area contributed by atoms with Crippen molar-refractivity contribution in [2.45, 2.75) is 30.2 Å². The van der Waals surface area contributed by atoms with Gasteiger partial charge < -0.3 is 10.1 Å². The topological polar surface area (TPSA) is 98.5 Å². The number of nitrogens with one attached hydrogen (secondary N) is 1. The van der Waals surface area contributed by atoms with Gasteiger partial charge in [-0.2, -0.15) is 0 Å². The van der Waals surface area contributed by atoms with Gasteiger partial charge in [-0.3, -0.25) is 19.7 Å². The van der Waals surface area contributed by atoms with E-state index in [1.54, 1.807) is 12.1 Å². The molecule has 7 nitrogen and oxygen atoms in total. The molecular weight excluding hydrogens is 380 g/mol. The molecule has 0 spiro atoms. The fourth-order valence-electron chi connectivity index (χ4n) is 3.13. The van der Waals surface area contributed by atoms with Gasteiger partial charge in [0.2, 0.25) is 0 Å². The highest BCUT2D eigenvalue weighted by Crippen LogP contribution is 2.29. The molecule has 0 aromatic heterocycles. The summed E-state index contributed by atoms with van der Waals surface area (Å²) in [6, 6.07) is 13.9. The predicted octanol–water partition coefficient (Wildman–Crippen LogP) is 3.42. The molecule has 1 amide bonds. The van der Waals surface area contributed by atoms with E-state index >= 15 is 0 Å². The molecule has 1 aliphatic carbocycles. The molecule has 0 saturated carbocycles. The number of hydrogen-bond donors (Lipinski definition) is 1. The van der Waals surface area contributed by atoms with Crippen LogP contribution in [0.2, 0.25) is 0 Å². The normalized spacial score (nSPS) is 15.4. The van der Waals surface area contributed by atoms with Crippen molar-refractivity contribution < 1.29 is 19.2 Å². The highest BCUT2D eigenvalue weighted by atomic mass is 32.2. The summed E-state index contributed by atoms with van der Waals surface area (Å²) in [5.74, 6) is -0.810. The number of esters is 1. The zero-order valence-electron chi connectivity index (χ0n) is 15.1. The quantitative estimate of drug-likeness (QED) is 0.331. The van der Waals surface area contributed by atoms with Crippen molar-refractivity contribution in [3.05, 3.63) is 69.8 Å². The second-order valence-corrected chi connectivity index (χ2v) is 7.46. The fourth-order valence-corrected chi connectivity index (χ4v) is 3.83. The van der Waals surface area contributed by atoms with Gasteiger partial charge in [0.1, 0.15) is 0 Å². The maximum Gasteiger partial charge on any atom is 0.316 e. The number of carbonyl (C=O) groups is 2. The molecule has 1 aliphatic rings. The molecule has 0 bridgehead atoms. The van der Waals surface area contributed by atoms with E-state index in [0.717, 1.165) is 24.8 Å². The average Bonchev–Trinajstić information content (AvgIpc) is 2.71. The number of carbonyl (C=O) groups excluding carboxylic acids is 2. The van der Waals surface area contributed by atoms with Crippen molar-refractivity contribution in [3.63, 3.8) is 0 Å². The minimum absolute atomic E-state index is 0.00659. The summed E-state index contributed by atoms with van der Waals surface area (Å²) in [5, 5.41) is 13.6. The monoisotopic (exact) mass is 400 g/mol. The molecule has 8 heteroatoms. The maximum absolute atomic E-state index is 12.1. The number of nitro benzene ring substituents is 1. The van der Waals surface area contributed by atoms with Crippen LogP contribution < -0.4 is 5.32 Å². The Balaban J connectivity index is 1.42. The molecule has 1 atom stereocenters. The molecule has 0 radical (unpaired) electrons. The van der Waals surface area contributed by atoms with Crippen LogP contribution in [0.25, 0.3) is 0 Å². The van der Waals surface area contributed by atoms with Crippen molar-refractivity contribution in [2.24, 2.45) is 0 Å². The van der Waals surface area contributed by atoms with E-state index in [-0.39, 0.29) is 30.0 Å². The maximum atomic E-state index is 12.1. The minimum atomic E-state index is -0.512. The van der Waals surface area contributed by atoms with Gasteiger partial charge in [0, 0.05) is 17.0 Å². The number of thioether (sulfide) groups is 1. The van der Waals surface area contributed by atoms with Crippen molar-refractivity contribution in [2.75, 3.05) is 12.4 Å². The summed E-state index contributed by atoms with van der Waals surface area (Å²) in [6.45, 7) is -0.321. The summed E-state index contributed by atoms with van der Waals surface area (Å²) in [6.07, 6.45) is 2.89. The standard InChI is InChI=1S/C20H20N2O5S/c23-19(21-18-7-3-5-14-4-1-2-6-17(14)18)12-27-20(24)13-28-16-10-8-15(9-11-16)22(25)26/h1-2,4,6,8-11,18H,3,5,7,12-13H2,(H,21,23)/t18-/m0/s1. The van der Waals surface area contributed by atoms with Gasteiger partial charge in [-0.1, -0.05) is 24.3 Å². The van der Waals surface area contributed by atoms with Crippen LogP contribution in [0.5, 0.6) is 0 Å². The third kappa shape index (κ3) is 5.32. The lowest BCUT2D eigenvalue weighted by Gasteiger charge is -2.26. The highest BCUT2D eigenvalue weighted by molar-refractivity contribution is 8.00. The van der Waals surface area contributed by atoms with Gasteiger partial charge in [-0.25, -0.2) is 0 Å². The number of nitrogens with zero attached hydrogens (tertiary/aromatic N) is 1. The summed E-state index contributed by atoms with van der Waals surface area (Å²) in [7, 11) is 0. The molecule has 28 heavy (non-hydrogen) atoms. The number of fused-ring (bicyclic) bond motifs is 1. The minimum Gasteiger partial charge on any atom is -0.455 e. The Hall–Kier alpha value is -2.87. The van der Waals surface area contributed by atoms with Crippen molar-refractivity contribution in [3.8, 4) is 0 Å². The van der Waals surface area contributed by atoms with Crippen molar-refractivity contribution >= 4 is 29.3 Å². The van der Waals surface area contributed by atoms with E-state index in [2.05, 4.69) is 11.4 Å². The largest absolute Gasteiger partial charge is 0.455 e. The molecule has 1 N–H and O–H groups in total. The Labute approximate surface area is 166 Å². The van der Waals surface area contributed by atoms with Crippen LogP contribution in [0.15, 0.2) is 53.4 Å². The van der Waals surface area contributed by atoms with Crippen LogP contribution >= 0.6 is 11.8 Å². The number of non-ortho nitro benzene ring substituents is 1. The number of amides is 1. The first-order chi connectivity index (χ1) is 13.5. The molecule has 146 valence electrons. The summed E-state index contributed by atoms with van der Waals surface area (Å²) in [5.41, 5.74) is 2.37. The first kappa shape index (κ1) is 19.9. The number of benzene rings is 2. The Kier molecular flexibility index (Phi) is 6.65. The number of hydrogen-bond acceptors (Lipinski definition) is 6. The number of rotatable bonds is 7. The van der Waals surface area contributed by atoms with Crippen LogP contribution in [0.4, 0.5) is 5.69 Å². The second-order valence-electron chi connectivity index (χ2n) is 6.41. The zero-order chi connectivity index (χ0) is 19.9. The van der Waals surface area contributed by atoms with Gasteiger partial charge in [0.05, 0.1) is 16.7 Å². The van der Waals surface area contributed by atoms with E-state index in [4.69, 9.17) is 4.74 Å². The van der Waals surface area contributed by atoms with Crippen molar-refractivity contribution in [1.82, 2.24) is 5.32 Å². The fraction of sp³-hybridized carbons (Fsp3) is 0.300. The SMILES string of the molecule is O=C(COC(=O)CSc1ccc([N+](=O)[O-])cc1)N[C@H]1CCCc2ccccc21. The average molecular weight is 400 g/mol. The number of aryl methyl sites for hydroxylation is 1. The lowest BCUT2D eigenvalue weighted by Crippen LogP contribution is -2.34. The molecular formula is C20H20N2O5S. The van der Waals surface area contributed by atoms with Gasteiger partial charge in [-0.05, 0) is 42.5 Å². The number of nitro groups is 1. The number of ether oxygens (including phenoxy) is 1. The zero-order valence-corrected chi connectivity index (χ0v) is 15.9. The summed E-state index contributed by atoms with van der Waals surface area (Å²) >= 11 is 1.20. The van der Waals surface area contributed by atoms with Crippen LogP contribution in [0.1, 0.15) is 30.0 Å². The Morgan fingerprint density at radius 3 is 2.68 bits per heavy atom. The van der Waals surface area contributed by atoms with E-state index in [1.807, 2.05) is 18.2 Å². The van der Waals surface area contributed by atoms with E-state index in [0.29, 0.717) is 4.90 Å². The van der Waals surface area contributed by atoms with E-state index in [1.165, 1.54) is 29.5 Å². The highest BCUT2D eigenvalue weighted by Gasteiger charge is 2.21. The van der Waals surface area contributed by atoms with Crippen LogP contribution in [-0.4, -0.2) is 29.2 Å². The van der Waals surface area contributed by atoms with Gasteiger partial charge >= 0.3 is 5.97 Å². The Morgan fingerprint density at radius 1 is 1.18 bits per heavy atom. The molecule has 2 aromatic rings. The molecule has 0 unspecified atom stereocenters. The summed E-state index contributed by atoms with van der Waals surface area (Å²) < 4.78 is 5.04. The van der Waals surface area contributed by atoms with Crippen LogP contribution in [0.3, 0.4) is 0 Å². The smallest absolute Gasteiger partial charge is 0.316 e. The molecule has 0 aliphatic heterocycles. The van der Waals surface area contributed by atoms with Gasteiger partial charge in [0.15, 0.2) is 6.61 Å². The second kappa shape index (κ2) is 9.36. The summed E-state index contributed by atoms with van der Waals surface area (Å²) in [4.78, 5) is 34.9. The van der Waals surface area contributed by atoms with E-state index < -0.39 is 10.9 Å². The van der Waals surface area contributed by atoms with Gasteiger partial charge in [0.25, 0.3) is 11.6 Å². The molecule has 0 fully saturated rings. The first-order valence-corrected chi connectivity index (χ1v) is 9.91. The molecule has 3 rings (SSSR count). The molecule has 2 aromatic carbocycles.